The van der Waals surface area contributed by atoms with E-state index in [9.17, 15) is 2.74 Å². The second-order valence-corrected chi connectivity index (χ2v) is 21.4. The molecule has 0 bridgehead atoms. The van der Waals surface area contributed by atoms with Crippen molar-refractivity contribution in [2.45, 2.75) is 79.4 Å². The fraction of sp³-hybridized carbons (Fsp3) is 0.209. The van der Waals surface area contributed by atoms with Gasteiger partial charge in [-0.15, -0.1) is 0 Å². The van der Waals surface area contributed by atoms with Crippen LogP contribution in [-0.2, 0) is 17.2 Å². The molecule has 0 atom stereocenters. The fourth-order valence-electron chi connectivity index (χ4n) is 10.3. The number of hydrogen-bond donors (Lipinski definition) is 0. The number of fused-ring (bicyclic) bond motifs is 4. The molecule has 0 spiro atoms. The van der Waals surface area contributed by atoms with E-state index in [4.69, 9.17) is 13.8 Å². The third-order valence-electron chi connectivity index (χ3n) is 13.9. The van der Waals surface area contributed by atoms with E-state index in [2.05, 4.69) is 141 Å². The van der Waals surface area contributed by atoms with Crippen molar-refractivity contribution in [2.24, 2.45) is 5.92 Å². The van der Waals surface area contributed by atoms with Crippen LogP contribution < -0.4 is 14.5 Å². The van der Waals surface area contributed by atoms with E-state index in [-0.39, 0.29) is 22.3 Å². The zero-order valence-electron chi connectivity index (χ0n) is 47.5. The topological polar surface area (TPSA) is 33.5 Å². The molecule has 0 unspecified atom stereocenters. The molecule has 5 nitrogen and oxygen atoms in total. The van der Waals surface area contributed by atoms with Gasteiger partial charge in [0.05, 0.1) is 28.1 Å². The van der Waals surface area contributed by atoms with Crippen molar-refractivity contribution in [2.75, 3.05) is 16.5 Å². The Morgan fingerprint density at radius 1 is 0.556 bits per heavy atom. The van der Waals surface area contributed by atoms with Crippen molar-refractivity contribution in [1.82, 2.24) is 9.55 Å². The highest BCUT2D eigenvalue weighted by Crippen LogP contribution is 2.51. The van der Waals surface area contributed by atoms with Gasteiger partial charge < -0.3 is 14.5 Å². The summed E-state index contributed by atoms with van der Waals surface area (Å²) in [6, 6.07) is 63.5. The molecule has 8 aromatic carbocycles. The Hall–Kier alpha value is -7.89. The summed E-state index contributed by atoms with van der Waals surface area (Å²) in [7, 11) is 0. The molecule has 5 heteroatoms. The summed E-state index contributed by atoms with van der Waals surface area (Å²) in [6.07, 6.45) is 0.269. The van der Waals surface area contributed by atoms with E-state index in [1.54, 1.807) is 0 Å². The first-order valence-electron chi connectivity index (χ1n) is 27.6. The summed E-state index contributed by atoms with van der Waals surface area (Å²) >= 11 is 0. The SMILES string of the molecule is [2H]C([2H])([2H])c1cc(-c2ccccc2)ccc1-c1cccc(-c2cc(C(C)(C)C)cc(C([2H])([2H])C(C)C)c2)c1N1CN(c2cccc(Oc3ccc4c5ccccc5n(-c5cc(C(C)(C)C)ccn5)c4c3)c2)c2ccccc21. The van der Waals surface area contributed by atoms with E-state index in [1.807, 2.05) is 123 Å². The minimum atomic E-state index is -2.45. The summed E-state index contributed by atoms with van der Waals surface area (Å²) in [6.45, 7) is 14.9. The number of para-hydroxylation sites is 4. The standard InChI is InChI=1S/C67H64N4O/c1-44(2)35-46-37-49(39-51(38-46)67(7,8)9)56-24-18-25-59(55-31-29-48(36-45(55)3)47-19-11-10-12-20-47)65(56)70-43-69(61-27-15-16-28-62(61)70)52-21-17-22-53(41-52)72-54-30-32-58-57-23-13-14-26-60(57)71(63(58)42-54)64-40-50(33-34-68-64)66(4,5)6/h10-34,36-42,44H,35,43H2,1-9H3/i3D3,35D2. The van der Waals surface area contributed by atoms with E-state index in [0.717, 1.165) is 83.8 Å². The highest BCUT2D eigenvalue weighted by atomic mass is 16.5. The predicted octanol–water partition coefficient (Wildman–Crippen LogP) is 18.3. The van der Waals surface area contributed by atoms with Gasteiger partial charge in [0.2, 0.25) is 0 Å². The molecule has 0 N–H and O–H groups in total. The maximum absolute atomic E-state index is 9.38. The quantitative estimate of drug-likeness (QED) is 0.137. The van der Waals surface area contributed by atoms with Gasteiger partial charge in [0.25, 0.3) is 0 Å². The first kappa shape index (κ1) is 40.8. The highest BCUT2D eigenvalue weighted by molar-refractivity contribution is 6.09. The Morgan fingerprint density at radius 3 is 2.04 bits per heavy atom. The molecule has 0 radical (unpaired) electrons. The van der Waals surface area contributed by atoms with E-state index in [1.165, 1.54) is 5.56 Å². The monoisotopic (exact) mass is 946 g/mol. The molecule has 0 amide bonds. The molecule has 0 aliphatic carbocycles. The van der Waals surface area contributed by atoms with Crippen molar-refractivity contribution in [3.8, 4) is 50.7 Å². The Bertz CT molecular complexity index is 3860. The third kappa shape index (κ3) is 8.83. The molecule has 1 aliphatic heterocycles. The molecule has 72 heavy (non-hydrogen) atoms. The van der Waals surface area contributed by atoms with E-state index < -0.39 is 13.2 Å². The van der Waals surface area contributed by atoms with Crippen LogP contribution in [0, 0.1) is 12.8 Å². The lowest BCUT2D eigenvalue weighted by Gasteiger charge is -2.29. The van der Waals surface area contributed by atoms with Crippen molar-refractivity contribution >= 4 is 44.6 Å². The number of ether oxygens (including phenoxy) is 1. The lowest BCUT2D eigenvalue weighted by atomic mass is 9.82. The van der Waals surface area contributed by atoms with E-state index in [0.29, 0.717) is 29.3 Å². The minimum absolute atomic E-state index is 0.0547. The summed E-state index contributed by atoms with van der Waals surface area (Å²) in [5.41, 5.74) is 13.2. The van der Waals surface area contributed by atoms with Crippen LogP contribution in [0.4, 0.5) is 22.7 Å². The average molecular weight is 946 g/mol. The molecule has 358 valence electrons. The summed E-state index contributed by atoms with van der Waals surface area (Å²) in [5.74, 6) is 1.92. The molecule has 0 fully saturated rings. The molecule has 3 heterocycles. The van der Waals surface area contributed by atoms with Crippen molar-refractivity contribution < 1.29 is 11.6 Å². The molecule has 0 saturated carbocycles. The predicted molar refractivity (Wildman–Crippen MR) is 304 cm³/mol. The summed E-state index contributed by atoms with van der Waals surface area (Å²) in [5, 5.41) is 2.25. The van der Waals surface area contributed by atoms with Gasteiger partial charge in [0.15, 0.2) is 0 Å². The summed E-state index contributed by atoms with van der Waals surface area (Å²) < 4.78 is 54.8. The molecule has 10 aromatic rings. The maximum Gasteiger partial charge on any atom is 0.137 e. The van der Waals surface area contributed by atoms with Gasteiger partial charge >= 0.3 is 0 Å². The van der Waals surface area contributed by atoms with Gasteiger partial charge in [0, 0.05) is 52.8 Å². The second kappa shape index (κ2) is 18.4. The van der Waals surface area contributed by atoms with Crippen LogP contribution in [-0.4, -0.2) is 16.2 Å². The molecule has 1 aliphatic rings. The number of pyridine rings is 1. The number of rotatable bonds is 10. The third-order valence-corrected chi connectivity index (χ3v) is 13.9. The number of nitrogens with zero attached hydrogens (tertiary/aromatic N) is 4. The average Bonchev–Trinajstić information content (AvgIpc) is 4.09. The van der Waals surface area contributed by atoms with Crippen molar-refractivity contribution in [1.29, 1.82) is 0 Å². The lowest BCUT2D eigenvalue weighted by Crippen LogP contribution is -2.25. The minimum Gasteiger partial charge on any atom is -0.457 e. The molecular formula is C67H64N4O. The lowest BCUT2D eigenvalue weighted by molar-refractivity contribution is 0.483. The molecule has 0 saturated heterocycles. The number of benzene rings is 8. The van der Waals surface area contributed by atoms with Crippen LogP contribution in [0.25, 0.3) is 61.0 Å². The van der Waals surface area contributed by atoms with Gasteiger partial charge in [-0.1, -0.05) is 177 Å². The van der Waals surface area contributed by atoms with Crippen LogP contribution in [0.2, 0.25) is 0 Å². The molecular weight excluding hydrogens is 877 g/mol. The Balaban J connectivity index is 1.05. The Labute approximate surface area is 433 Å². The van der Waals surface area contributed by atoms with Gasteiger partial charge in [-0.05, 0) is 129 Å². The zero-order chi connectivity index (χ0) is 54.2. The largest absolute Gasteiger partial charge is 0.457 e. The normalized spacial score (nSPS) is 14.3. The van der Waals surface area contributed by atoms with Crippen molar-refractivity contribution in [3.05, 3.63) is 217 Å². The van der Waals surface area contributed by atoms with Crippen LogP contribution in [0.1, 0.15) is 84.5 Å². The maximum atomic E-state index is 9.38. The smallest absolute Gasteiger partial charge is 0.137 e. The van der Waals surface area contributed by atoms with Gasteiger partial charge in [-0.25, -0.2) is 4.98 Å². The fourth-order valence-corrected chi connectivity index (χ4v) is 10.3. The van der Waals surface area contributed by atoms with Crippen LogP contribution in [0.5, 0.6) is 11.5 Å². The Morgan fingerprint density at radius 2 is 1.26 bits per heavy atom. The highest BCUT2D eigenvalue weighted by Gasteiger charge is 2.32. The number of hydrogen-bond acceptors (Lipinski definition) is 4. The van der Waals surface area contributed by atoms with Crippen LogP contribution in [0.15, 0.2) is 194 Å². The van der Waals surface area contributed by atoms with Gasteiger partial charge in [0.1, 0.15) is 24.0 Å². The van der Waals surface area contributed by atoms with E-state index >= 15 is 0 Å². The van der Waals surface area contributed by atoms with Crippen LogP contribution in [0.3, 0.4) is 0 Å². The molecule has 11 rings (SSSR count). The second-order valence-electron chi connectivity index (χ2n) is 21.4. The van der Waals surface area contributed by atoms with Gasteiger partial charge in [-0.3, -0.25) is 4.57 Å². The molecule has 2 aromatic heterocycles. The zero-order valence-corrected chi connectivity index (χ0v) is 42.5. The Kier molecular flexibility index (Phi) is 10.4. The van der Waals surface area contributed by atoms with Crippen LogP contribution >= 0.6 is 0 Å². The first-order valence-corrected chi connectivity index (χ1v) is 25.1. The number of anilines is 4. The van der Waals surface area contributed by atoms with Gasteiger partial charge in [-0.2, -0.15) is 0 Å². The number of aryl methyl sites for hydroxylation is 1. The van der Waals surface area contributed by atoms with Crippen molar-refractivity contribution in [3.63, 3.8) is 0 Å². The number of aromatic nitrogens is 2. The summed E-state index contributed by atoms with van der Waals surface area (Å²) in [4.78, 5) is 9.45. The first-order chi connectivity index (χ1) is 36.6.